The number of aryl methyl sites for hydroxylation is 2. The monoisotopic (exact) mass is 917 g/mol. The maximum Gasteiger partial charge on any atom is 0.328 e. The summed E-state index contributed by atoms with van der Waals surface area (Å²) in [7, 11) is 3.09. The Morgan fingerprint density at radius 3 is 1.89 bits per heavy atom. The highest BCUT2D eigenvalue weighted by molar-refractivity contribution is 7.98. The molecule has 2 aromatic heterocycles. The minimum atomic E-state index is -1.17. The van der Waals surface area contributed by atoms with Crippen LogP contribution in [0.2, 0.25) is 10.0 Å². The third-order valence-electron chi connectivity index (χ3n) is 11.0. The van der Waals surface area contributed by atoms with Crippen LogP contribution >= 0.6 is 35.0 Å². The predicted molar refractivity (Wildman–Crippen MR) is 258 cm³/mol. The van der Waals surface area contributed by atoms with Crippen LogP contribution in [0.25, 0.3) is 32.9 Å². The van der Waals surface area contributed by atoms with Gasteiger partial charge in [-0.25, -0.2) is 4.79 Å². The lowest BCUT2D eigenvalue weighted by Crippen LogP contribution is -2.40. The summed E-state index contributed by atoms with van der Waals surface area (Å²) in [5.41, 5.74) is 8.05. The zero-order valence-corrected chi connectivity index (χ0v) is 38.1. The van der Waals surface area contributed by atoms with Gasteiger partial charge < -0.3 is 34.1 Å². The van der Waals surface area contributed by atoms with Crippen molar-refractivity contribution in [3.05, 3.63) is 163 Å². The number of para-hydroxylation sites is 1. The number of rotatable bonds is 14. The summed E-state index contributed by atoms with van der Waals surface area (Å²) in [6.07, 6.45) is 1.96. The molecule has 0 unspecified atom stereocenters. The van der Waals surface area contributed by atoms with Crippen LogP contribution in [0, 0.1) is 0 Å². The van der Waals surface area contributed by atoms with Gasteiger partial charge in [0.15, 0.2) is 5.75 Å². The highest BCUT2D eigenvalue weighted by Gasteiger charge is 2.33. The number of hydrogen-bond donors (Lipinski definition) is 1. The smallest absolute Gasteiger partial charge is 0.328 e. The number of esters is 1. The van der Waals surface area contributed by atoms with E-state index in [1.807, 2.05) is 42.7 Å². The van der Waals surface area contributed by atoms with Crippen LogP contribution in [-0.2, 0) is 25.3 Å². The van der Waals surface area contributed by atoms with E-state index in [2.05, 4.69) is 0 Å². The van der Waals surface area contributed by atoms with Crippen molar-refractivity contribution in [2.75, 3.05) is 35.1 Å². The fraction of sp³-hybridized carbons (Fsp3) is 0.204. The number of benzene rings is 5. The molecule has 7 rings (SSSR count). The lowest BCUT2D eigenvalue weighted by atomic mass is 9.99. The van der Waals surface area contributed by atoms with Crippen LogP contribution < -0.4 is 36.1 Å². The highest BCUT2D eigenvalue weighted by Crippen LogP contribution is 2.42. The van der Waals surface area contributed by atoms with Crippen molar-refractivity contribution < 1.29 is 23.9 Å². The fourth-order valence-electron chi connectivity index (χ4n) is 7.77. The van der Waals surface area contributed by atoms with E-state index in [0.29, 0.717) is 38.4 Å². The molecule has 0 aliphatic heterocycles. The van der Waals surface area contributed by atoms with Crippen molar-refractivity contribution in [3.63, 3.8) is 0 Å². The molecular weight excluding hydrogens is 874 g/mol. The molecular formula is C49H45Cl2N5O7S. The Bertz CT molecular complexity index is 3050. The topological polar surface area (TPSA) is 146 Å². The number of halogens is 2. The summed E-state index contributed by atoms with van der Waals surface area (Å²) in [5, 5.41) is 0.936. The second kappa shape index (κ2) is 19.6. The normalized spacial score (nSPS) is 11.7. The van der Waals surface area contributed by atoms with Gasteiger partial charge in [-0.1, -0.05) is 96.0 Å². The number of nitrogens with two attached hydrogens (primary N) is 1. The number of thioether (sulfide) groups is 1. The molecule has 0 aliphatic carbocycles. The van der Waals surface area contributed by atoms with Gasteiger partial charge in [-0.2, -0.15) is 0 Å². The van der Waals surface area contributed by atoms with Gasteiger partial charge in [-0.15, -0.1) is 11.8 Å². The Morgan fingerprint density at radius 1 is 0.703 bits per heavy atom. The maximum atomic E-state index is 14.7. The molecule has 5 aromatic carbocycles. The largest absolute Gasteiger partial charge is 0.481 e. The average molecular weight is 919 g/mol. The Balaban J connectivity index is 1.38. The van der Waals surface area contributed by atoms with Gasteiger partial charge >= 0.3 is 5.97 Å². The minimum Gasteiger partial charge on any atom is -0.481 e. The molecule has 64 heavy (non-hydrogen) atoms. The first-order chi connectivity index (χ1) is 30.8. The van der Waals surface area contributed by atoms with Gasteiger partial charge in [-0.05, 0) is 80.1 Å². The number of carbonyl (C=O) groups excluding carboxylic acids is 3. The molecule has 0 bridgehead atoms. The fourth-order valence-corrected chi connectivity index (χ4v) is 8.62. The molecule has 2 amide bonds. The lowest BCUT2D eigenvalue weighted by molar-refractivity contribution is -0.135. The summed E-state index contributed by atoms with van der Waals surface area (Å²) in [6.45, 7) is 3.89. The molecule has 7 aromatic rings. The molecule has 0 spiro atoms. The van der Waals surface area contributed by atoms with E-state index >= 15 is 0 Å². The number of ether oxygens (including phenoxy) is 2. The molecule has 328 valence electrons. The average Bonchev–Trinajstić information content (AvgIpc) is 3.30. The third kappa shape index (κ3) is 8.64. The Morgan fingerprint density at radius 2 is 1.27 bits per heavy atom. The predicted octanol–water partition coefficient (Wildman–Crippen LogP) is 8.87. The van der Waals surface area contributed by atoms with Crippen LogP contribution in [0.1, 0.15) is 40.1 Å². The standard InChI is InChI=1S/C49H45Cl2N5O7S/c1-6-55(31-19-12-9-13-20-31)48(60)41-44(63-49(61)35(52)26-29-16-10-8-11-17-29)39-37(54(4)46(41)58)25-24-33(42(39)51)30-18-14-21-32(27-30)56(7-2)47(59)40-43(62-28-64-5)38-34(50)22-15-23-36(38)53(3)45(40)57/h8-25,27,35H,6-7,26,28,52H2,1-5H3/t35-/m0/s1. The van der Waals surface area contributed by atoms with E-state index in [-0.39, 0.29) is 58.4 Å². The molecule has 2 heterocycles. The van der Waals surface area contributed by atoms with Crippen molar-refractivity contribution in [1.29, 1.82) is 0 Å². The molecule has 0 aliphatic rings. The van der Waals surface area contributed by atoms with Gasteiger partial charge in [0.25, 0.3) is 22.9 Å². The Kier molecular flexibility index (Phi) is 14.0. The van der Waals surface area contributed by atoms with Crippen molar-refractivity contribution in [3.8, 4) is 22.6 Å². The van der Waals surface area contributed by atoms with Crippen LogP contribution in [0.15, 0.2) is 125 Å². The summed E-state index contributed by atoms with van der Waals surface area (Å²) in [6, 6.07) is 32.3. The maximum absolute atomic E-state index is 14.7. The first-order valence-electron chi connectivity index (χ1n) is 20.4. The molecule has 1 atom stereocenters. The highest BCUT2D eigenvalue weighted by atomic mass is 35.5. The second-order valence-corrected chi connectivity index (χ2v) is 16.4. The van der Waals surface area contributed by atoms with Crippen molar-refractivity contribution in [1.82, 2.24) is 9.13 Å². The van der Waals surface area contributed by atoms with Gasteiger partial charge in [0.05, 0.1) is 31.9 Å². The quantitative estimate of drug-likeness (QED) is 0.0835. The minimum absolute atomic E-state index is 0.0571. The van der Waals surface area contributed by atoms with Gasteiger partial charge in [0.1, 0.15) is 28.9 Å². The van der Waals surface area contributed by atoms with E-state index < -0.39 is 40.5 Å². The first kappa shape index (κ1) is 45.6. The van der Waals surface area contributed by atoms with E-state index in [4.69, 9.17) is 38.4 Å². The zero-order chi connectivity index (χ0) is 45.8. The number of aromatic nitrogens is 2. The SMILES string of the molecule is CCN(C(=O)c1c(OCSC)c2c(Cl)cccc2n(C)c1=O)c1cccc(-c2ccc3c(c2Cl)c(OC(=O)[C@@H](N)Cc2ccccc2)c(C(=O)N(CC)c2ccccc2)c(=O)n3C)c1. The number of amides is 2. The van der Waals surface area contributed by atoms with E-state index in [1.54, 1.807) is 99.8 Å². The molecule has 0 fully saturated rings. The number of anilines is 2. The van der Waals surface area contributed by atoms with Gasteiger partial charge in [0.2, 0.25) is 0 Å². The van der Waals surface area contributed by atoms with Crippen molar-refractivity contribution in [2.45, 2.75) is 26.3 Å². The summed E-state index contributed by atoms with van der Waals surface area (Å²) in [4.78, 5) is 74.5. The molecule has 15 heteroatoms. The summed E-state index contributed by atoms with van der Waals surface area (Å²) >= 11 is 15.5. The lowest BCUT2D eigenvalue weighted by Gasteiger charge is -2.25. The zero-order valence-electron chi connectivity index (χ0n) is 35.8. The van der Waals surface area contributed by atoms with Gasteiger partial charge in [-0.3, -0.25) is 19.2 Å². The molecule has 12 nitrogen and oxygen atoms in total. The number of fused-ring (bicyclic) bond motifs is 2. The van der Waals surface area contributed by atoms with E-state index in [9.17, 15) is 24.0 Å². The Hall–Kier alpha value is -6.38. The number of pyridine rings is 2. The van der Waals surface area contributed by atoms with Crippen molar-refractivity contribution in [2.24, 2.45) is 19.8 Å². The van der Waals surface area contributed by atoms with Crippen LogP contribution in [-0.4, -0.2) is 58.2 Å². The molecule has 0 radical (unpaired) electrons. The summed E-state index contributed by atoms with van der Waals surface area (Å²) in [5.74, 6) is -2.28. The number of hydrogen-bond acceptors (Lipinski definition) is 9. The Labute approximate surface area is 383 Å². The molecule has 0 saturated carbocycles. The number of carbonyl (C=O) groups is 3. The second-order valence-electron chi connectivity index (χ2n) is 14.8. The molecule has 2 N–H and O–H groups in total. The van der Waals surface area contributed by atoms with Crippen LogP contribution in [0.3, 0.4) is 0 Å². The molecule has 0 saturated heterocycles. The number of nitrogens with zero attached hydrogens (tertiary/aromatic N) is 4. The first-order valence-corrected chi connectivity index (χ1v) is 22.6. The van der Waals surface area contributed by atoms with E-state index in [1.165, 1.54) is 37.7 Å². The van der Waals surface area contributed by atoms with E-state index in [0.717, 1.165) is 5.56 Å². The van der Waals surface area contributed by atoms with Gasteiger partial charge in [0, 0.05) is 44.1 Å². The van der Waals surface area contributed by atoms with Crippen LogP contribution in [0.4, 0.5) is 11.4 Å². The van der Waals surface area contributed by atoms with Crippen LogP contribution in [0.5, 0.6) is 11.5 Å². The summed E-state index contributed by atoms with van der Waals surface area (Å²) < 4.78 is 14.9. The van der Waals surface area contributed by atoms with Crippen molar-refractivity contribution >= 4 is 85.9 Å². The third-order valence-corrected chi connectivity index (χ3v) is 12.1.